The highest BCUT2D eigenvalue weighted by molar-refractivity contribution is 5.76. The molecule has 0 radical (unpaired) electrons. The second kappa shape index (κ2) is 6.33. The van der Waals surface area contributed by atoms with Gasteiger partial charge in [0.15, 0.2) is 11.5 Å². The van der Waals surface area contributed by atoms with Crippen LogP contribution in [0.3, 0.4) is 0 Å². The average molecular weight is 340 g/mol. The van der Waals surface area contributed by atoms with Crippen molar-refractivity contribution in [2.24, 2.45) is 0 Å². The predicted octanol–water partition coefficient (Wildman–Crippen LogP) is 2.97. The zero-order valence-corrected chi connectivity index (χ0v) is 14.3. The van der Waals surface area contributed by atoms with Crippen LogP contribution in [0.25, 0.3) is 22.8 Å². The number of rotatable bonds is 3. The number of nitrogens with zero attached hydrogens (tertiary/aromatic N) is 4. The van der Waals surface area contributed by atoms with Crippen LogP contribution in [0.5, 0.6) is 0 Å². The Labute approximate surface area is 145 Å². The molecule has 0 saturated carbocycles. The Balaban J connectivity index is 1.79. The lowest BCUT2D eigenvalue weighted by Gasteiger charge is -2.30. The largest absolute Gasteiger partial charge is 0.460 e. The molecule has 1 N–H and O–H groups in total. The minimum atomic E-state index is -0.344. The summed E-state index contributed by atoms with van der Waals surface area (Å²) in [5, 5.41) is 13.9. The van der Waals surface area contributed by atoms with Gasteiger partial charge < -0.3 is 18.9 Å². The summed E-state index contributed by atoms with van der Waals surface area (Å²) in [6.45, 7) is 5.13. The minimum absolute atomic E-state index is 0.344. The van der Waals surface area contributed by atoms with Gasteiger partial charge in [0.25, 0.3) is 0 Å². The SMILES string of the molecule is Cc1cc(-c2cnc(N3CCC[C@@H](O)C3)nc2-c2ccc(C)o2)on1. The highest BCUT2D eigenvalue weighted by Crippen LogP contribution is 2.33. The highest BCUT2D eigenvalue weighted by Gasteiger charge is 2.23. The van der Waals surface area contributed by atoms with E-state index in [-0.39, 0.29) is 6.10 Å². The molecule has 1 aliphatic rings. The summed E-state index contributed by atoms with van der Waals surface area (Å²) in [7, 11) is 0. The third kappa shape index (κ3) is 3.15. The number of furan rings is 1. The highest BCUT2D eigenvalue weighted by atomic mass is 16.5. The van der Waals surface area contributed by atoms with E-state index in [0.29, 0.717) is 29.7 Å². The Kier molecular flexibility index (Phi) is 4.01. The van der Waals surface area contributed by atoms with Crippen LogP contribution in [-0.4, -0.2) is 39.4 Å². The van der Waals surface area contributed by atoms with Gasteiger partial charge in [-0.25, -0.2) is 9.97 Å². The van der Waals surface area contributed by atoms with Gasteiger partial charge in [0.05, 0.1) is 17.4 Å². The summed E-state index contributed by atoms with van der Waals surface area (Å²) >= 11 is 0. The number of aryl methyl sites for hydroxylation is 2. The third-order valence-electron chi connectivity index (χ3n) is 4.32. The molecule has 0 bridgehead atoms. The van der Waals surface area contributed by atoms with E-state index in [1.807, 2.05) is 36.9 Å². The molecular weight excluding hydrogens is 320 g/mol. The molecule has 3 aromatic rings. The molecule has 25 heavy (non-hydrogen) atoms. The van der Waals surface area contributed by atoms with Gasteiger partial charge in [-0.3, -0.25) is 0 Å². The second-order valence-electron chi connectivity index (χ2n) is 6.42. The van der Waals surface area contributed by atoms with Gasteiger partial charge in [0, 0.05) is 25.4 Å². The van der Waals surface area contributed by atoms with Crippen LogP contribution in [0.2, 0.25) is 0 Å². The Bertz CT molecular complexity index is 886. The fourth-order valence-electron chi connectivity index (χ4n) is 3.08. The monoisotopic (exact) mass is 340 g/mol. The summed E-state index contributed by atoms with van der Waals surface area (Å²) < 4.78 is 11.2. The maximum absolute atomic E-state index is 9.93. The lowest BCUT2D eigenvalue weighted by Crippen LogP contribution is -2.39. The minimum Gasteiger partial charge on any atom is -0.460 e. The van der Waals surface area contributed by atoms with Crippen molar-refractivity contribution in [2.45, 2.75) is 32.8 Å². The molecule has 4 rings (SSSR count). The van der Waals surface area contributed by atoms with Gasteiger partial charge in [0.1, 0.15) is 11.5 Å². The molecule has 0 aliphatic carbocycles. The van der Waals surface area contributed by atoms with Crippen LogP contribution in [-0.2, 0) is 0 Å². The first-order chi connectivity index (χ1) is 12.1. The molecule has 0 spiro atoms. The normalized spacial score (nSPS) is 17.9. The smallest absolute Gasteiger partial charge is 0.226 e. The van der Waals surface area contributed by atoms with Crippen LogP contribution in [0.15, 0.2) is 33.3 Å². The Hall–Kier alpha value is -2.67. The van der Waals surface area contributed by atoms with Crippen LogP contribution >= 0.6 is 0 Å². The molecule has 0 amide bonds. The van der Waals surface area contributed by atoms with Crippen LogP contribution < -0.4 is 4.90 Å². The first kappa shape index (κ1) is 15.8. The maximum Gasteiger partial charge on any atom is 0.226 e. The van der Waals surface area contributed by atoms with Gasteiger partial charge >= 0.3 is 0 Å². The molecule has 1 aliphatic heterocycles. The molecule has 7 nitrogen and oxygen atoms in total. The molecule has 0 aromatic carbocycles. The zero-order valence-electron chi connectivity index (χ0n) is 14.3. The fraction of sp³-hybridized carbons (Fsp3) is 0.389. The van der Waals surface area contributed by atoms with Gasteiger partial charge in [-0.15, -0.1) is 0 Å². The van der Waals surface area contributed by atoms with Gasteiger partial charge in [-0.1, -0.05) is 5.16 Å². The molecule has 1 fully saturated rings. The third-order valence-corrected chi connectivity index (χ3v) is 4.32. The van der Waals surface area contributed by atoms with E-state index in [4.69, 9.17) is 13.9 Å². The van der Waals surface area contributed by atoms with Crippen molar-refractivity contribution < 1.29 is 14.0 Å². The first-order valence-electron chi connectivity index (χ1n) is 8.41. The number of β-amino-alcohol motifs (C(OH)–C–C–N with tert-alkyl or cyclic N) is 1. The zero-order chi connectivity index (χ0) is 17.4. The van der Waals surface area contributed by atoms with Crippen molar-refractivity contribution >= 4 is 5.95 Å². The van der Waals surface area contributed by atoms with Gasteiger partial charge in [-0.2, -0.15) is 0 Å². The van der Waals surface area contributed by atoms with Crippen molar-refractivity contribution in [1.29, 1.82) is 0 Å². The average Bonchev–Trinajstić information content (AvgIpc) is 3.23. The predicted molar refractivity (Wildman–Crippen MR) is 92.2 cm³/mol. The fourth-order valence-corrected chi connectivity index (χ4v) is 3.08. The Morgan fingerprint density at radius 1 is 1.24 bits per heavy atom. The standard InChI is InChI=1S/C18H20N4O3/c1-11-8-16(25-21-11)14-9-19-18(22-7-3-4-13(23)10-22)20-17(14)15-6-5-12(2)24-15/h5-6,8-9,13,23H,3-4,7,10H2,1-2H3/t13-/m1/s1. The molecule has 130 valence electrons. The first-order valence-corrected chi connectivity index (χ1v) is 8.41. The summed E-state index contributed by atoms with van der Waals surface area (Å²) in [6.07, 6.45) is 3.12. The number of aliphatic hydroxyl groups excluding tert-OH is 1. The van der Waals surface area contributed by atoms with Crippen molar-refractivity contribution in [3.05, 3.63) is 35.9 Å². The van der Waals surface area contributed by atoms with Gasteiger partial charge in [0.2, 0.25) is 5.95 Å². The maximum atomic E-state index is 9.93. The van der Waals surface area contributed by atoms with Crippen molar-refractivity contribution in [2.75, 3.05) is 18.0 Å². The summed E-state index contributed by atoms with van der Waals surface area (Å²) in [4.78, 5) is 11.2. The number of aliphatic hydroxyl groups is 1. The number of hydrogen-bond acceptors (Lipinski definition) is 7. The molecule has 4 heterocycles. The summed E-state index contributed by atoms with van der Waals surface area (Å²) in [6, 6.07) is 5.64. The number of aromatic nitrogens is 3. The number of anilines is 1. The summed E-state index contributed by atoms with van der Waals surface area (Å²) in [5.41, 5.74) is 2.19. The summed E-state index contributed by atoms with van der Waals surface area (Å²) in [5.74, 6) is 2.65. The van der Waals surface area contributed by atoms with E-state index >= 15 is 0 Å². The van der Waals surface area contributed by atoms with Crippen LogP contribution in [0.4, 0.5) is 5.95 Å². The van der Waals surface area contributed by atoms with Crippen molar-refractivity contribution in [3.63, 3.8) is 0 Å². The van der Waals surface area contributed by atoms with Crippen molar-refractivity contribution in [3.8, 4) is 22.8 Å². The van der Waals surface area contributed by atoms with E-state index in [0.717, 1.165) is 36.4 Å². The Morgan fingerprint density at radius 3 is 2.80 bits per heavy atom. The second-order valence-corrected chi connectivity index (χ2v) is 6.42. The van der Waals surface area contributed by atoms with Crippen LogP contribution in [0, 0.1) is 13.8 Å². The van der Waals surface area contributed by atoms with Crippen molar-refractivity contribution in [1.82, 2.24) is 15.1 Å². The van der Waals surface area contributed by atoms with E-state index in [9.17, 15) is 5.11 Å². The molecule has 1 atom stereocenters. The number of piperidine rings is 1. The van der Waals surface area contributed by atoms with E-state index in [2.05, 4.69) is 10.1 Å². The molecule has 0 unspecified atom stereocenters. The lowest BCUT2D eigenvalue weighted by atomic mass is 10.1. The van der Waals surface area contributed by atoms with E-state index in [1.54, 1.807) is 6.20 Å². The van der Waals surface area contributed by atoms with Gasteiger partial charge in [-0.05, 0) is 38.8 Å². The number of hydrogen-bond donors (Lipinski definition) is 1. The molecule has 3 aromatic heterocycles. The molecule has 1 saturated heterocycles. The topological polar surface area (TPSA) is 88.4 Å². The van der Waals surface area contributed by atoms with Crippen LogP contribution in [0.1, 0.15) is 24.3 Å². The quantitative estimate of drug-likeness (QED) is 0.784. The van der Waals surface area contributed by atoms with E-state index < -0.39 is 0 Å². The lowest BCUT2D eigenvalue weighted by molar-refractivity contribution is 0.153. The van der Waals surface area contributed by atoms with E-state index in [1.165, 1.54) is 0 Å². The molecule has 7 heteroatoms. The Morgan fingerprint density at radius 2 is 2.12 bits per heavy atom. The molecular formula is C18H20N4O3.